The zero-order valence-electron chi connectivity index (χ0n) is 14.1. The van der Waals surface area contributed by atoms with E-state index in [-0.39, 0.29) is 23.7 Å². The summed E-state index contributed by atoms with van der Waals surface area (Å²) in [7, 11) is 0. The summed E-state index contributed by atoms with van der Waals surface area (Å²) < 4.78 is 6.95. The zero-order valence-corrected chi connectivity index (χ0v) is 14.9. The normalized spacial score (nSPS) is 10.7. The maximum Gasteiger partial charge on any atom is 0.316 e. The average Bonchev–Trinajstić information content (AvgIpc) is 2.85. The molecule has 1 aromatic carbocycles. The van der Waals surface area contributed by atoms with Crippen LogP contribution in [0.3, 0.4) is 0 Å². The van der Waals surface area contributed by atoms with Crippen LogP contribution in [-0.4, -0.2) is 38.5 Å². The topological polar surface area (TPSA) is 86.1 Å². The molecule has 1 heterocycles. The fraction of sp³-hybridized carbons (Fsp3) is 0.375. The summed E-state index contributed by atoms with van der Waals surface area (Å²) in [6.07, 6.45) is -0.146. The minimum Gasteiger partial charge on any atom is -0.462 e. The standard InChI is InChI=1S/C16H20N4O3S/c1-10(2)23-15(22)9-24-16-19-18-11(3)20(16)14-7-5-6-13(8-14)17-12(4)21/h5-8,10H,9H2,1-4H3,(H,17,21). The monoisotopic (exact) mass is 348 g/mol. The van der Waals surface area contributed by atoms with Gasteiger partial charge in [0.15, 0.2) is 5.16 Å². The molecular formula is C16H20N4O3S. The van der Waals surface area contributed by atoms with Gasteiger partial charge in [0.2, 0.25) is 5.91 Å². The number of aromatic nitrogens is 3. The Bertz CT molecular complexity index is 743. The summed E-state index contributed by atoms with van der Waals surface area (Å²) in [4.78, 5) is 22.9. The number of nitrogens with one attached hydrogen (secondary N) is 1. The average molecular weight is 348 g/mol. The molecule has 0 atom stereocenters. The van der Waals surface area contributed by atoms with Gasteiger partial charge in [-0.3, -0.25) is 14.2 Å². The smallest absolute Gasteiger partial charge is 0.316 e. The highest BCUT2D eigenvalue weighted by Gasteiger charge is 2.15. The van der Waals surface area contributed by atoms with E-state index < -0.39 is 0 Å². The fourth-order valence-electron chi connectivity index (χ4n) is 2.08. The van der Waals surface area contributed by atoms with Crippen molar-refractivity contribution in [2.75, 3.05) is 11.1 Å². The Morgan fingerprint density at radius 2 is 2.08 bits per heavy atom. The number of nitrogens with zero attached hydrogens (tertiary/aromatic N) is 3. The molecule has 0 fully saturated rings. The lowest BCUT2D eigenvalue weighted by Gasteiger charge is -2.11. The number of benzene rings is 1. The number of esters is 1. The van der Waals surface area contributed by atoms with E-state index in [4.69, 9.17) is 4.74 Å². The maximum absolute atomic E-state index is 11.7. The summed E-state index contributed by atoms with van der Waals surface area (Å²) in [6, 6.07) is 7.35. The second kappa shape index (κ2) is 7.96. The first-order valence-electron chi connectivity index (χ1n) is 7.49. The van der Waals surface area contributed by atoms with Gasteiger partial charge in [0.25, 0.3) is 0 Å². The predicted molar refractivity (Wildman–Crippen MR) is 92.4 cm³/mol. The first-order chi connectivity index (χ1) is 11.4. The third-order valence-corrected chi connectivity index (χ3v) is 3.81. The maximum atomic E-state index is 11.7. The first kappa shape index (κ1) is 18.0. The third-order valence-electron chi connectivity index (χ3n) is 2.91. The number of carbonyl (C=O) groups is 2. The van der Waals surface area contributed by atoms with Gasteiger partial charge in [-0.05, 0) is 39.0 Å². The molecule has 24 heavy (non-hydrogen) atoms. The molecule has 8 heteroatoms. The van der Waals surface area contributed by atoms with Crippen molar-refractivity contribution in [3.05, 3.63) is 30.1 Å². The lowest BCUT2D eigenvalue weighted by atomic mass is 10.2. The molecule has 0 aliphatic carbocycles. The first-order valence-corrected chi connectivity index (χ1v) is 8.47. The number of aryl methyl sites for hydroxylation is 1. The molecule has 128 valence electrons. The number of carbonyl (C=O) groups excluding carboxylic acids is 2. The van der Waals surface area contributed by atoms with E-state index in [1.165, 1.54) is 18.7 Å². The molecule has 2 aromatic rings. The van der Waals surface area contributed by atoms with Crippen LogP contribution in [0.5, 0.6) is 0 Å². The number of thioether (sulfide) groups is 1. The number of anilines is 1. The quantitative estimate of drug-likeness (QED) is 0.638. The highest BCUT2D eigenvalue weighted by Crippen LogP contribution is 2.24. The van der Waals surface area contributed by atoms with Crippen LogP contribution in [0.25, 0.3) is 5.69 Å². The Kier molecular flexibility index (Phi) is 5.97. The second-order valence-electron chi connectivity index (χ2n) is 5.42. The molecule has 0 aliphatic rings. The van der Waals surface area contributed by atoms with Gasteiger partial charge in [-0.1, -0.05) is 17.8 Å². The van der Waals surface area contributed by atoms with Crippen LogP contribution < -0.4 is 5.32 Å². The van der Waals surface area contributed by atoms with Gasteiger partial charge in [0.05, 0.1) is 17.5 Å². The molecule has 0 unspecified atom stereocenters. The van der Waals surface area contributed by atoms with Crippen LogP contribution in [0.2, 0.25) is 0 Å². The van der Waals surface area contributed by atoms with Gasteiger partial charge in [-0.2, -0.15) is 0 Å². The van der Waals surface area contributed by atoms with Crippen molar-refractivity contribution in [3.63, 3.8) is 0 Å². The number of ether oxygens (including phenoxy) is 1. The van der Waals surface area contributed by atoms with E-state index in [0.717, 1.165) is 5.69 Å². The minimum absolute atomic E-state index is 0.140. The Morgan fingerprint density at radius 1 is 1.33 bits per heavy atom. The number of amides is 1. The highest BCUT2D eigenvalue weighted by molar-refractivity contribution is 7.99. The predicted octanol–water partition coefficient (Wildman–Crippen LogP) is 2.58. The van der Waals surface area contributed by atoms with Crippen LogP contribution in [0.4, 0.5) is 5.69 Å². The zero-order chi connectivity index (χ0) is 17.7. The summed E-state index contributed by atoms with van der Waals surface area (Å²) in [5, 5.41) is 11.5. The Hall–Kier alpha value is -2.35. The lowest BCUT2D eigenvalue weighted by molar-refractivity contribution is -0.144. The number of hydrogen-bond acceptors (Lipinski definition) is 6. The molecule has 0 saturated heterocycles. The van der Waals surface area contributed by atoms with Crippen molar-refractivity contribution in [2.24, 2.45) is 0 Å². The van der Waals surface area contributed by atoms with Gasteiger partial charge in [0, 0.05) is 12.6 Å². The van der Waals surface area contributed by atoms with Crippen LogP contribution in [0, 0.1) is 6.92 Å². The van der Waals surface area contributed by atoms with Gasteiger partial charge < -0.3 is 10.1 Å². The molecule has 1 amide bonds. The molecule has 1 aromatic heterocycles. The lowest BCUT2D eigenvalue weighted by Crippen LogP contribution is -2.13. The Balaban J connectivity index is 2.20. The van der Waals surface area contributed by atoms with E-state index in [2.05, 4.69) is 15.5 Å². The van der Waals surface area contributed by atoms with Crippen LogP contribution in [0.15, 0.2) is 29.4 Å². The number of rotatable bonds is 6. The van der Waals surface area contributed by atoms with Gasteiger partial charge >= 0.3 is 5.97 Å². The van der Waals surface area contributed by atoms with Crippen molar-refractivity contribution in [1.82, 2.24) is 14.8 Å². The highest BCUT2D eigenvalue weighted by atomic mass is 32.2. The SMILES string of the molecule is CC(=O)Nc1cccc(-n2c(C)nnc2SCC(=O)OC(C)C)c1. The van der Waals surface area contributed by atoms with E-state index in [1.807, 2.05) is 43.5 Å². The molecule has 0 saturated carbocycles. The van der Waals surface area contributed by atoms with Crippen LogP contribution >= 0.6 is 11.8 Å². The minimum atomic E-state index is -0.297. The summed E-state index contributed by atoms with van der Waals surface area (Å²) in [6.45, 7) is 6.90. The Morgan fingerprint density at radius 3 is 2.75 bits per heavy atom. The van der Waals surface area contributed by atoms with E-state index in [1.54, 1.807) is 6.07 Å². The molecular weight excluding hydrogens is 328 g/mol. The molecule has 0 spiro atoms. The molecule has 0 bridgehead atoms. The van der Waals surface area contributed by atoms with Crippen LogP contribution in [0.1, 0.15) is 26.6 Å². The molecule has 0 aliphatic heterocycles. The van der Waals surface area contributed by atoms with Crippen molar-refractivity contribution in [1.29, 1.82) is 0 Å². The van der Waals surface area contributed by atoms with Crippen molar-refractivity contribution < 1.29 is 14.3 Å². The molecule has 2 rings (SSSR count). The summed E-state index contributed by atoms with van der Waals surface area (Å²) in [5.74, 6) is 0.407. The molecule has 0 radical (unpaired) electrons. The summed E-state index contributed by atoms with van der Waals surface area (Å²) in [5.41, 5.74) is 1.49. The van der Waals surface area contributed by atoms with Gasteiger partial charge in [0.1, 0.15) is 5.82 Å². The third kappa shape index (κ3) is 4.82. The van der Waals surface area contributed by atoms with Gasteiger partial charge in [-0.25, -0.2) is 0 Å². The summed E-state index contributed by atoms with van der Waals surface area (Å²) >= 11 is 1.26. The van der Waals surface area contributed by atoms with E-state index in [0.29, 0.717) is 16.7 Å². The molecule has 7 nitrogen and oxygen atoms in total. The Labute approximate surface area is 144 Å². The van der Waals surface area contributed by atoms with Gasteiger partial charge in [-0.15, -0.1) is 10.2 Å². The number of hydrogen-bond donors (Lipinski definition) is 1. The largest absolute Gasteiger partial charge is 0.462 e. The van der Waals surface area contributed by atoms with Crippen LogP contribution in [-0.2, 0) is 14.3 Å². The van der Waals surface area contributed by atoms with Crippen molar-refractivity contribution in [2.45, 2.75) is 39.0 Å². The second-order valence-corrected chi connectivity index (χ2v) is 6.37. The van der Waals surface area contributed by atoms with Crippen molar-refractivity contribution in [3.8, 4) is 5.69 Å². The molecule has 1 N–H and O–H groups in total. The fourth-order valence-corrected chi connectivity index (χ4v) is 2.86. The van der Waals surface area contributed by atoms with E-state index >= 15 is 0 Å². The van der Waals surface area contributed by atoms with E-state index in [9.17, 15) is 9.59 Å². The van der Waals surface area contributed by atoms with Crippen molar-refractivity contribution >= 4 is 29.3 Å².